The Bertz CT molecular complexity index is 1110. The van der Waals surface area contributed by atoms with E-state index in [2.05, 4.69) is 15.6 Å². The molecular weight excluding hydrogens is 396 g/mol. The summed E-state index contributed by atoms with van der Waals surface area (Å²) in [6.07, 6.45) is 1.99. The maximum Gasteiger partial charge on any atom is 0.251 e. The number of carbonyl (C=O) groups is 3. The molecule has 0 spiro atoms. The zero-order valence-electron chi connectivity index (χ0n) is 17.2. The molecular formula is C23H24N4O4. The molecule has 0 radical (unpaired) electrons. The number of nitrogens with one attached hydrogen (secondary N) is 3. The Labute approximate surface area is 179 Å². The second kappa shape index (κ2) is 8.91. The van der Waals surface area contributed by atoms with Crippen molar-refractivity contribution in [3.05, 3.63) is 60.3 Å². The van der Waals surface area contributed by atoms with Crippen LogP contribution in [0.3, 0.4) is 0 Å². The van der Waals surface area contributed by atoms with E-state index in [4.69, 9.17) is 4.74 Å². The smallest absolute Gasteiger partial charge is 0.251 e. The van der Waals surface area contributed by atoms with Gasteiger partial charge in [-0.2, -0.15) is 0 Å². The van der Waals surface area contributed by atoms with Crippen LogP contribution in [-0.4, -0.2) is 49.4 Å². The van der Waals surface area contributed by atoms with Crippen LogP contribution in [0.25, 0.3) is 10.9 Å². The van der Waals surface area contributed by atoms with Gasteiger partial charge in [0.2, 0.25) is 11.8 Å². The summed E-state index contributed by atoms with van der Waals surface area (Å²) in [5.41, 5.74) is 2.19. The SMILES string of the molecule is COc1ccc(N2C[C@H](C(=O)NCCNC(=O)c3ccc4cc[nH]c4c3)CC2=O)cc1. The zero-order valence-corrected chi connectivity index (χ0v) is 17.2. The van der Waals surface area contributed by atoms with Crippen LogP contribution in [0, 0.1) is 5.92 Å². The van der Waals surface area contributed by atoms with Gasteiger partial charge in [-0.15, -0.1) is 0 Å². The third-order valence-electron chi connectivity index (χ3n) is 5.41. The van der Waals surface area contributed by atoms with Crippen LogP contribution in [0.2, 0.25) is 0 Å². The number of ether oxygens (including phenoxy) is 1. The van der Waals surface area contributed by atoms with Gasteiger partial charge in [-0.25, -0.2) is 0 Å². The molecule has 3 N–H and O–H groups in total. The fourth-order valence-electron chi connectivity index (χ4n) is 3.69. The molecule has 3 amide bonds. The highest BCUT2D eigenvalue weighted by atomic mass is 16.5. The Morgan fingerprint density at radius 2 is 1.87 bits per heavy atom. The van der Waals surface area contributed by atoms with E-state index in [1.165, 1.54) is 0 Å². The Hall–Kier alpha value is -3.81. The van der Waals surface area contributed by atoms with Crippen molar-refractivity contribution in [2.45, 2.75) is 6.42 Å². The summed E-state index contributed by atoms with van der Waals surface area (Å²) in [7, 11) is 1.58. The third kappa shape index (κ3) is 4.53. The summed E-state index contributed by atoms with van der Waals surface area (Å²) < 4.78 is 5.13. The van der Waals surface area contributed by atoms with Crippen molar-refractivity contribution in [2.75, 3.05) is 31.6 Å². The summed E-state index contributed by atoms with van der Waals surface area (Å²) in [5.74, 6) is -0.183. The molecule has 1 saturated heterocycles. The number of hydrogen-bond acceptors (Lipinski definition) is 4. The molecule has 31 heavy (non-hydrogen) atoms. The van der Waals surface area contributed by atoms with Gasteiger partial charge in [-0.3, -0.25) is 14.4 Å². The summed E-state index contributed by atoms with van der Waals surface area (Å²) >= 11 is 0. The predicted molar refractivity (Wildman–Crippen MR) is 117 cm³/mol. The van der Waals surface area contributed by atoms with Gasteiger partial charge in [-0.1, -0.05) is 6.07 Å². The molecule has 160 valence electrons. The van der Waals surface area contributed by atoms with Gasteiger partial charge >= 0.3 is 0 Å². The number of methoxy groups -OCH3 is 1. The van der Waals surface area contributed by atoms with Gasteiger partial charge in [-0.05, 0) is 47.9 Å². The number of H-pyrrole nitrogens is 1. The minimum Gasteiger partial charge on any atom is -0.497 e. The van der Waals surface area contributed by atoms with Gasteiger partial charge in [0.1, 0.15) is 5.75 Å². The van der Waals surface area contributed by atoms with Gasteiger partial charge in [0, 0.05) is 49.0 Å². The summed E-state index contributed by atoms with van der Waals surface area (Å²) in [4.78, 5) is 41.8. The molecule has 3 aromatic rings. The number of benzene rings is 2. The number of rotatable bonds is 7. The molecule has 4 rings (SSSR count). The topological polar surface area (TPSA) is 104 Å². The molecule has 0 aliphatic carbocycles. The molecule has 1 fully saturated rings. The number of fused-ring (bicyclic) bond motifs is 1. The summed E-state index contributed by atoms with van der Waals surface area (Å²) in [5, 5.41) is 6.65. The van der Waals surface area contributed by atoms with Gasteiger partial charge in [0.05, 0.1) is 13.0 Å². The van der Waals surface area contributed by atoms with E-state index >= 15 is 0 Å². The largest absolute Gasteiger partial charge is 0.497 e. The number of amides is 3. The van der Waals surface area contributed by atoms with Crippen molar-refractivity contribution in [3.8, 4) is 5.75 Å². The van der Waals surface area contributed by atoms with E-state index < -0.39 is 5.92 Å². The minimum atomic E-state index is -0.416. The molecule has 8 heteroatoms. The Morgan fingerprint density at radius 3 is 2.65 bits per heavy atom. The standard InChI is InChI=1S/C23H24N4O4/c1-31-19-6-4-18(5-7-19)27-14-17(13-21(27)28)23(30)26-11-10-25-22(29)16-3-2-15-8-9-24-20(15)12-16/h2-9,12,17,24H,10-11,13-14H2,1H3,(H,25,29)(H,26,30)/t17-/m1/s1. The number of carbonyl (C=O) groups excluding carboxylic acids is 3. The van der Waals surface area contributed by atoms with Crippen molar-refractivity contribution in [1.29, 1.82) is 0 Å². The number of anilines is 1. The fraction of sp³-hybridized carbons (Fsp3) is 0.261. The average molecular weight is 420 g/mol. The molecule has 1 aliphatic rings. The Morgan fingerprint density at radius 1 is 1.10 bits per heavy atom. The summed E-state index contributed by atoms with van der Waals surface area (Å²) in [6, 6.07) is 14.6. The Balaban J connectivity index is 1.24. The highest BCUT2D eigenvalue weighted by molar-refractivity contribution is 6.00. The third-order valence-corrected chi connectivity index (χ3v) is 5.41. The first-order valence-corrected chi connectivity index (χ1v) is 10.1. The van der Waals surface area contributed by atoms with Crippen LogP contribution in [-0.2, 0) is 9.59 Å². The lowest BCUT2D eigenvalue weighted by Crippen LogP contribution is -2.38. The number of nitrogens with zero attached hydrogens (tertiary/aromatic N) is 1. The monoisotopic (exact) mass is 420 g/mol. The van der Waals surface area contributed by atoms with Crippen molar-refractivity contribution >= 4 is 34.3 Å². The second-order valence-corrected chi connectivity index (χ2v) is 7.43. The lowest BCUT2D eigenvalue weighted by Gasteiger charge is -2.17. The predicted octanol–water partition coefficient (Wildman–Crippen LogP) is 2.08. The van der Waals surface area contributed by atoms with Gasteiger partial charge < -0.3 is 25.3 Å². The van der Waals surface area contributed by atoms with Crippen LogP contribution < -0.4 is 20.3 Å². The molecule has 0 bridgehead atoms. The quantitative estimate of drug-likeness (QED) is 0.509. The highest BCUT2D eigenvalue weighted by Crippen LogP contribution is 2.26. The van der Waals surface area contributed by atoms with Crippen LogP contribution in [0.4, 0.5) is 5.69 Å². The van der Waals surface area contributed by atoms with E-state index in [-0.39, 0.29) is 24.1 Å². The lowest BCUT2D eigenvalue weighted by molar-refractivity contribution is -0.126. The van der Waals surface area contributed by atoms with Crippen LogP contribution in [0.1, 0.15) is 16.8 Å². The van der Waals surface area contributed by atoms with E-state index in [1.54, 1.807) is 48.4 Å². The summed E-state index contributed by atoms with van der Waals surface area (Å²) in [6.45, 7) is 0.929. The lowest BCUT2D eigenvalue weighted by atomic mass is 10.1. The molecule has 1 aliphatic heterocycles. The first-order valence-electron chi connectivity index (χ1n) is 10.1. The fourth-order valence-corrected chi connectivity index (χ4v) is 3.69. The van der Waals surface area contributed by atoms with Crippen molar-refractivity contribution in [1.82, 2.24) is 15.6 Å². The second-order valence-electron chi connectivity index (χ2n) is 7.43. The van der Waals surface area contributed by atoms with Crippen LogP contribution in [0.5, 0.6) is 5.75 Å². The first-order chi connectivity index (χ1) is 15.0. The normalized spacial score (nSPS) is 15.8. The average Bonchev–Trinajstić information content (AvgIpc) is 3.42. The molecule has 1 aromatic heterocycles. The van der Waals surface area contributed by atoms with Crippen LogP contribution >= 0.6 is 0 Å². The van der Waals surface area contributed by atoms with Crippen molar-refractivity contribution in [2.24, 2.45) is 5.92 Å². The maximum absolute atomic E-state index is 12.5. The zero-order chi connectivity index (χ0) is 21.8. The molecule has 1 atom stereocenters. The number of aromatic nitrogens is 1. The maximum atomic E-state index is 12.5. The van der Waals surface area contributed by atoms with E-state index in [0.29, 0.717) is 30.9 Å². The number of hydrogen-bond donors (Lipinski definition) is 3. The molecule has 0 unspecified atom stereocenters. The van der Waals surface area contributed by atoms with Gasteiger partial charge in [0.25, 0.3) is 5.91 Å². The molecule has 2 heterocycles. The van der Waals surface area contributed by atoms with Crippen molar-refractivity contribution < 1.29 is 19.1 Å². The van der Waals surface area contributed by atoms with Crippen molar-refractivity contribution in [3.63, 3.8) is 0 Å². The van der Waals surface area contributed by atoms with E-state index in [0.717, 1.165) is 16.6 Å². The van der Waals surface area contributed by atoms with E-state index in [1.807, 2.05) is 18.3 Å². The molecule has 2 aromatic carbocycles. The minimum absolute atomic E-state index is 0.0849. The number of aromatic amines is 1. The Kier molecular flexibility index (Phi) is 5.88. The highest BCUT2D eigenvalue weighted by Gasteiger charge is 2.34. The molecule has 8 nitrogen and oxygen atoms in total. The first kappa shape index (κ1) is 20.5. The van der Waals surface area contributed by atoms with Crippen LogP contribution in [0.15, 0.2) is 54.7 Å². The molecule has 0 saturated carbocycles. The van der Waals surface area contributed by atoms with Gasteiger partial charge in [0.15, 0.2) is 0 Å². The van der Waals surface area contributed by atoms with E-state index in [9.17, 15) is 14.4 Å².